The summed E-state index contributed by atoms with van der Waals surface area (Å²) in [5, 5.41) is 2.83. The van der Waals surface area contributed by atoms with E-state index in [0.29, 0.717) is 18.0 Å². The molecular weight excluding hydrogens is 358 g/mol. The van der Waals surface area contributed by atoms with Gasteiger partial charge in [0.25, 0.3) is 5.91 Å². The molecule has 27 heavy (non-hydrogen) atoms. The predicted molar refractivity (Wildman–Crippen MR) is 90.2 cm³/mol. The molecule has 6 nitrogen and oxygen atoms in total. The molecule has 1 N–H and O–H groups in total. The number of halogens is 2. The number of amides is 2. The molecule has 0 atom stereocenters. The molecule has 0 bridgehead atoms. The number of rotatable bonds is 4. The van der Waals surface area contributed by atoms with Crippen molar-refractivity contribution in [2.75, 3.05) is 19.9 Å². The minimum absolute atomic E-state index is 0.0631. The Balaban J connectivity index is 1.28. The maximum atomic E-state index is 13.2. The Morgan fingerprint density at radius 3 is 2.59 bits per heavy atom. The highest BCUT2D eigenvalue weighted by Gasteiger charge is 2.36. The van der Waals surface area contributed by atoms with Crippen LogP contribution in [0.25, 0.3) is 0 Å². The van der Waals surface area contributed by atoms with Crippen LogP contribution in [0.15, 0.2) is 36.4 Å². The van der Waals surface area contributed by atoms with Crippen LogP contribution in [-0.2, 0) is 11.3 Å². The van der Waals surface area contributed by atoms with Gasteiger partial charge < -0.3 is 19.7 Å². The summed E-state index contributed by atoms with van der Waals surface area (Å²) in [6, 6.07) is 8.45. The lowest BCUT2D eigenvalue weighted by atomic mass is 9.97. The largest absolute Gasteiger partial charge is 0.454 e. The summed E-state index contributed by atoms with van der Waals surface area (Å²) < 4.78 is 36.7. The molecule has 2 aliphatic heterocycles. The minimum atomic E-state index is -1.07. The molecular formula is C19H16F2N2O4. The third-order valence-electron chi connectivity index (χ3n) is 4.61. The summed E-state index contributed by atoms with van der Waals surface area (Å²) >= 11 is 0. The fourth-order valence-corrected chi connectivity index (χ4v) is 3.01. The first-order chi connectivity index (χ1) is 13.0. The van der Waals surface area contributed by atoms with Gasteiger partial charge in [0.15, 0.2) is 23.1 Å². The van der Waals surface area contributed by atoms with Crippen LogP contribution in [0, 0.1) is 17.6 Å². The Morgan fingerprint density at radius 2 is 1.81 bits per heavy atom. The van der Waals surface area contributed by atoms with Crippen LogP contribution in [-0.4, -0.2) is 36.6 Å². The third-order valence-corrected chi connectivity index (χ3v) is 4.61. The lowest BCUT2D eigenvalue weighted by Gasteiger charge is -2.38. The molecule has 2 aromatic rings. The van der Waals surface area contributed by atoms with Crippen molar-refractivity contribution in [1.82, 2.24) is 10.2 Å². The Labute approximate surface area is 153 Å². The van der Waals surface area contributed by atoms with Gasteiger partial charge in [-0.3, -0.25) is 9.59 Å². The van der Waals surface area contributed by atoms with Gasteiger partial charge in [0, 0.05) is 25.2 Å². The molecule has 4 rings (SSSR count). The number of hydrogen-bond acceptors (Lipinski definition) is 4. The van der Waals surface area contributed by atoms with E-state index >= 15 is 0 Å². The number of carbonyl (C=O) groups excluding carboxylic acids is 2. The molecule has 2 aromatic carbocycles. The zero-order chi connectivity index (χ0) is 19.0. The normalized spacial score (nSPS) is 15.4. The average molecular weight is 374 g/mol. The van der Waals surface area contributed by atoms with Crippen LogP contribution < -0.4 is 14.8 Å². The van der Waals surface area contributed by atoms with Gasteiger partial charge in [0.1, 0.15) is 0 Å². The number of hydrogen-bond donors (Lipinski definition) is 1. The van der Waals surface area contributed by atoms with Gasteiger partial charge in [-0.2, -0.15) is 0 Å². The van der Waals surface area contributed by atoms with Gasteiger partial charge in [-0.25, -0.2) is 8.78 Å². The van der Waals surface area contributed by atoms with Crippen LogP contribution in [0.5, 0.6) is 11.5 Å². The van der Waals surface area contributed by atoms with Crippen LogP contribution in [0.2, 0.25) is 0 Å². The molecule has 1 fully saturated rings. The number of nitrogens with one attached hydrogen (secondary N) is 1. The van der Waals surface area contributed by atoms with Gasteiger partial charge >= 0.3 is 0 Å². The first-order valence-electron chi connectivity index (χ1n) is 8.42. The molecule has 2 heterocycles. The number of ether oxygens (including phenoxy) is 2. The second-order valence-electron chi connectivity index (χ2n) is 6.44. The van der Waals surface area contributed by atoms with E-state index in [1.807, 2.05) is 12.1 Å². The summed E-state index contributed by atoms with van der Waals surface area (Å²) in [6.07, 6.45) is 0. The summed E-state index contributed by atoms with van der Waals surface area (Å²) in [7, 11) is 0. The zero-order valence-electron chi connectivity index (χ0n) is 14.2. The Kier molecular flexibility index (Phi) is 4.39. The molecule has 0 spiro atoms. The maximum Gasteiger partial charge on any atom is 0.254 e. The highest BCUT2D eigenvalue weighted by molar-refractivity contribution is 5.96. The van der Waals surface area contributed by atoms with E-state index in [-0.39, 0.29) is 37.3 Å². The minimum Gasteiger partial charge on any atom is -0.454 e. The van der Waals surface area contributed by atoms with Crippen molar-refractivity contribution in [3.63, 3.8) is 0 Å². The smallest absolute Gasteiger partial charge is 0.254 e. The SMILES string of the molecule is O=C(NCc1ccc2c(c1)OCO2)C1CN(C(=O)c2ccc(F)c(F)c2)C1. The quantitative estimate of drug-likeness (QED) is 0.890. The van der Waals surface area contributed by atoms with Crippen molar-refractivity contribution in [2.45, 2.75) is 6.54 Å². The highest BCUT2D eigenvalue weighted by Crippen LogP contribution is 2.32. The number of likely N-dealkylation sites (tertiary alicyclic amines) is 1. The molecule has 140 valence electrons. The standard InChI is InChI=1S/C19H16F2N2O4/c20-14-3-2-12(6-15(14)21)19(25)23-8-13(9-23)18(24)22-7-11-1-4-16-17(5-11)27-10-26-16/h1-6,13H,7-10H2,(H,22,24). The topological polar surface area (TPSA) is 67.9 Å². The molecule has 1 saturated heterocycles. The second kappa shape index (κ2) is 6.86. The third kappa shape index (κ3) is 3.42. The van der Waals surface area contributed by atoms with Gasteiger partial charge in [-0.1, -0.05) is 6.07 Å². The molecule has 8 heteroatoms. The molecule has 0 radical (unpaired) electrons. The number of nitrogens with zero attached hydrogens (tertiary/aromatic N) is 1. The van der Waals surface area contributed by atoms with E-state index in [1.54, 1.807) is 6.07 Å². The molecule has 0 aromatic heterocycles. The van der Waals surface area contributed by atoms with E-state index in [4.69, 9.17) is 9.47 Å². The molecule has 0 aliphatic carbocycles. The molecule has 2 amide bonds. The van der Waals surface area contributed by atoms with Crippen LogP contribution in [0.3, 0.4) is 0 Å². The first-order valence-corrected chi connectivity index (χ1v) is 8.42. The Bertz CT molecular complexity index is 913. The summed E-state index contributed by atoms with van der Waals surface area (Å²) in [4.78, 5) is 25.9. The number of benzene rings is 2. The summed E-state index contributed by atoms with van der Waals surface area (Å²) in [5.74, 6) is -1.66. The van der Waals surface area contributed by atoms with Crippen molar-refractivity contribution in [3.05, 3.63) is 59.2 Å². The van der Waals surface area contributed by atoms with Crippen LogP contribution in [0.4, 0.5) is 8.78 Å². The second-order valence-corrected chi connectivity index (χ2v) is 6.44. The first kappa shape index (κ1) is 17.3. The molecule has 2 aliphatic rings. The lowest BCUT2D eigenvalue weighted by Crippen LogP contribution is -2.55. The van der Waals surface area contributed by atoms with E-state index in [9.17, 15) is 18.4 Å². The predicted octanol–water partition coefficient (Wildman–Crippen LogP) is 2.08. The molecule has 0 unspecified atom stereocenters. The van der Waals surface area contributed by atoms with Crippen molar-refractivity contribution >= 4 is 11.8 Å². The van der Waals surface area contributed by atoms with Crippen molar-refractivity contribution in [2.24, 2.45) is 5.92 Å². The average Bonchev–Trinajstić information content (AvgIpc) is 3.08. The monoisotopic (exact) mass is 374 g/mol. The van der Waals surface area contributed by atoms with Crippen molar-refractivity contribution in [1.29, 1.82) is 0 Å². The van der Waals surface area contributed by atoms with Crippen molar-refractivity contribution < 1.29 is 27.8 Å². The maximum absolute atomic E-state index is 13.2. The Morgan fingerprint density at radius 1 is 1.04 bits per heavy atom. The number of carbonyl (C=O) groups is 2. The van der Waals surface area contributed by atoms with Crippen LogP contribution >= 0.6 is 0 Å². The lowest BCUT2D eigenvalue weighted by molar-refractivity contribution is -0.129. The fraction of sp³-hybridized carbons (Fsp3) is 0.263. The van der Waals surface area contributed by atoms with E-state index in [0.717, 1.165) is 17.7 Å². The van der Waals surface area contributed by atoms with Gasteiger partial charge in [0.05, 0.1) is 5.92 Å². The van der Waals surface area contributed by atoms with Crippen LogP contribution in [0.1, 0.15) is 15.9 Å². The van der Waals surface area contributed by atoms with Crippen molar-refractivity contribution in [3.8, 4) is 11.5 Å². The fourth-order valence-electron chi connectivity index (χ4n) is 3.01. The molecule has 0 saturated carbocycles. The number of fused-ring (bicyclic) bond motifs is 1. The summed E-state index contributed by atoms with van der Waals surface area (Å²) in [5.41, 5.74) is 0.940. The van der Waals surface area contributed by atoms with E-state index in [1.165, 1.54) is 11.0 Å². The van der Waals surface area contributed by atoms with E-state index in [2.05, 4.69) is 5.32 Å². The van der Waals surface area contributed by atoms with Gasteiger partial charge in [0.2, 0.25) is 12.7 Å². The zero-order valence-corrected chi connectivity index (χ0v) is 14.2. The summed E-state index contributed by atoms with van der Waals surface area (Å²) in [6.45, 7) is 1.01. The van der Waals surface area contributed by atoms with E-state index < -0.39 is 17.5 Å². The van der Waals surface area contributed by atoms with Gasteiger partial charge in [-0.15, -0.1) is 0 Å². The highest BCUT2D eigenvalue weighted by atomic mass is 19.2. The Hall–Kier alpha value is -3.16. The van der Waals surface area contributed by atoms with Gasteiger partial charge in [-0.05, 0) is 35.9 Å².